The van der Waals surface area contributed by atoms with Crippen LogP contribution in [0.5, 0.6) is 0 Å². The van der Waals surface area contributed by atoms with Crippen LogP contribution in [0, 0.1) is 10.1 Å². The zero-order chi connectivity index (χ0) is 14.6. The van der Waals surface area contributed by atoms with Crippen LogP contribution in [0.15, 0.2) is 18.2 Å². The summed E-state index contributed by atoms with van der Waals surface area (Å²) in [4.78, 5) is 11.5. The van der Waals surface area contributed by atoms with Crippen molar-refractivity contribution in [3.63, 3.8) is 0 Å². The Bertz CT molecular complexity index is 453. The predicted octanol–water partition coefficient (Wildman–Crippen LogP) is 2.74. The molecule has 1 rings (SSSR count). The highest BCUT2D eigenvalue weighted by Crippen LogP contribution is 2.33. The Kier molecular flexibility index (Phi) is 5.17. The molecular formula is C12H16F2N2O3. The summed E-state index contributed by atoms with van der Waals surface area (Å²) in [7, 11) is 0. The molecule has 0 radical (unpaired) electrons. The lowest BCUT2D eigenvalue weighted by Gasteiger charge is -2.30. The summed E-state index contributed by atoms with van der Waals surface area (Å²) in [6.45, 7) is 3.60. The van der Waals surface area contributed by atoms with Crippen molar-refractivity contribution in [1.29, 1.82) is 0 Å². The van der Waals surface area contributed by atoms with Crippen LogP contribution < -0.4 is 4.90 Å². The Morgan fingerprint density at radius 3 is 2.47 bits per heavy atom. The van der Waals surface area contributed by atoms with E-state index in [0.717, 1.165) is 6.07 Å². The maximum Gasteiger partial charge on any atom is 0.270 e. The zero-order valence-electron chi connectivity index (χ0n) is 10.7. The number of non-ortho nitro benzene ring substituents is 1. The molecule has 7 heteroatoms. The fourth-order valence-corrected chi connectivity index (χ4v) is 1.86. The van der Waals surface area contributed by atoms with Gasteiger partial charge in [0.25, 0.3) is 12.1 Å². The lowest BCUT2D eigenvalue weighted by atomic mass is 10.1. The number of hydrogen-bond donors (Lipinski definition) is 1. The molecule has 0 bridgehead atoms. The third-order valence-corrected chi connectivity index (χ3v) is 2.73. The van der Waals surface area contributed by atoms with Gasteiger partial charge in [0.05, 0.1) is 11.5 Å². The number of aliphatic hydroxyl groups excluding tert-OH is 1. The van der Waals surface area contributed by atoms with Gasteiger partial charge in [0, 0.05) is 36.0 Å². The van der Waals surface area contributed by atoms with Crippen molar-refractivity contribution in [1.82, 2.24) is 0 Å². The maximum absolute atomic E-state index is 13.0. The molecule has 0 fully saturated rings. The minimum atomic E-state index is -2.81. The summed E-state index contributed by atoms with van der Waals surface area (Å²) in [5.41, 5.74) is -0.548. The Morgan fingerprint density at radius 2 is 2.05 bits per heavy atom. The van der Waals surface area contributed by atoms with Crippen molar-refractivity contribution in [2.75, 3.05) is 18.1 Å². The molecule has 5 nitrogen and oxygen atoms in total. The van der Waals surface area contributed by atoms with Crippen LogP contribution in [-0.4, -0.2) is 29.2 Å². The Balaban J connectivity index is 3.28. The first-order chi connectivity index (χ1) is 8.88. The second kappa shape index (κ2) is 6.42. The first-order valence-corrected chi connectivity index (χ1v) is 5.82. The SMILES string of the molecule is CC(C)N(CCO)c1ccc([N+](=O)[O-])cc1C(F)F. The lowest BCUT2D eigenvalue weighted by molar-refractivity contribution is -0.385. The van der Waals surface area contributed by atoms with Gasteiger partial charge in [-0.05, 0) is 19.9 Å². The second-order valence-corrected chi connectivity index (χ2v) is 4.31. The fraction of sp³-hybridized carbons (Fsp3) is 0.500. The van der Waals surface area contributed by atoms with Gasteiger partial charge in [0.15, 0.2) is 0 Å². The lowest BCUT2D eigenvalue weighted by Crippen LogP contribution is -2.34. The third-order valence-electron chi connectivity index (χ3n) is 2.73. The van der Waals surface area contributed by atoms with Crippen LogP contribution in [0.25, 0.3) is 0 Å². The summed E-state index contributed by atoms with van der Waals surface area (Å²) in [6, 6.07) is 3.27. The van der Waals surface area contributed by atoms with Crippen LogP contribution in [-0.2, 0) is 0 Å². The molecular weight excluding hydrogens is 258 g/mol. The summed E-state index contributed by atoms with van der Waals surface area (Å²) in [5, 5.41) is 19.6. The van der Waals surface area contributed by atoms with E-state index in [-0.39, 0.29) is 30.6 Å². The number of hydrogen-bond acceptors (Lipinski definition) is 4. The normalized spacial score (nSPS) is 11.1. The van der Waals surface area contributed by atoms with E-state index in [1.165, 1.54) is 12.1 Å². The molecule has 0 aliphatic heterocycles. The number of aliphatic hydroxyl groups is 1. The van der Waals surface area contributed by atoms with Crippen LogP contribution in [0.1, 0.15) is 25.8 Å². The van der Waals surface area contributed by atoms with Crippen molar-refractivity contribution < 1.29 is 18.8 Å². The Labute approximate surface area is 109 Å². The van der Waals surface area contributed by atoms with Crippen molar-refractivity contribution in [3.05, 3.63) is 33.9 Å². The van der Waals surface area contributed by atoms with Gasteiger partial charge in [0.2, 0.25) is 0 Å². The van der Waals surface area contributed by atoms with Gasteiger partial charge < -0.3 is 10.0 Å². The molecule has 0 saturated heterocycles. The molecule has 0 aromatic heterocycles. The van der Waals surface area contributed by atoms with E-state index in [0.29, 0.717) is 0 Å². The maximum atomic E-state index is 13.0. The average Bonchev–Trinajstić information content (AvgIpc) is 2.34. The number of nitro groups is 1. The molecule has 1 aromatic carbocycles. The van der Waals surface area contributed by atoms with Crippen LogP contribution in [0.4, 0.5) is 20.2 Å². The van der Waals surface area contributed by atoms with Crippen molar-refractivity contribution in [2.45, 2.75) is 26.3 Å². The molecule has 0 heterocycles. The summed E-state index contributed by atoms with van der Waals surface area (Å²) in [5.74, 6) is 0. The standard InChI is InChI=1S/C12H16F2N2O3/c1-8(2)15(5-6-17)11-4-3-9(16(18)19)7-10(11)12(13)14/h3-4,7-8,12,17H,5-6H2,1-2H3. The smallest absolute Gasteiger partial charge is 0.270 e. The molecule has 0 spiro atoms. The van der Waals surface area contributed by atoms with Crippen LogP contribution >= 0.6 is 0 Å². The first kappa shape index (κ1) is 15.3. The Hall–Kier alpha value is -1.76. The number of anilines is 1. The topological polar surface area (TPSA) is 66.6 Å². The van der Waals surface area contributed by atoms with E-state index in [1.54, 1.807) is 18.7 Å². The number of benzene rings is 1. The minimum absolute atomic E-state index is 0.105. The van der Waals surface area contributed by atoms with E-state index >= 15 is 0 Å². The van der Waals surface area contributed by atoms with Crippen LogP contribution in [0.2, 0.25) is 0 Å². The van der Waals surface area contributed by atoms with E-state index < -0.39 is 16.9 Å². The molecule has 0 aliphatic carbocycles. The van der Waals surface area contributed by atoms with Crippen LogP contribution in [0.3, 0.4) is 0 Å². The fourth-order valence-electron chi connectivity index (χ4n) is 1.86. The molecule has 0 saturated carbocycles. The van der Waals surface area contributed by atoms with Crippen molar-refractivity contribution >= 4 is 11.4 Å². The molecule has 19 heavy (non-hydrogen) atoms. The van der Waals surface area contributed by atoms with E-state index in [1.807, 2.05) is 0 Å². The molecule has 0 amide bonds. The molecule has 1 N–H and O–H groups in total. The highest BCUT2D eigenvalue weighted by atomic mass is 19.3. The number of nitro benzene ring substituents is 1. The van der Waals surface area contributed by atoms with Crippen molar-refractivity contribution in [3.8, 4) is 0 Å². The first-order valence-electron chi connectivity index (χ1n) is 5.82. The zero-order valence-corrected chi connectivity index (χ0v) is 10.7. The van der Waals surface area contributed by atoms with Gasteiger partial charge in [-0.25, -0.2) is 8.78 Å². The van der Waals surface area contributed by atoms with Gasteiger partial charge in [-0.15, -0.1) is 0 Å². The highest BCUT2D eigenvalue weighted by Gasteiger charge is 2.22. The van der Waals surface area contributed by atoms with Gasteiger partial charge in [-0.3, -0.25) is 10.1 Å². The number of alkyl halides is 2. The Morgan fingerprint density at radius 1 is 1.42 bits per heavy atom. The number of nitrogens with zero attached hydrogens (tertiary/aromatic N) is 2. The van der Waals surface area contributed by atoms with Gasteiger partial charge in [-0.1, -0.05) is 0 Å². The summed E-state index contributed by atoms with van der Waals surface area (Å²) in [6.07, 6.45) is -2.81. The molecule has 0 atom stereocenters. The summed E-state index contributed by atoms with van der Waals surface area (Å²) < 4.78 is 26.0. The molecule has 1 aromatic rings. The van der Waals surface area contributed by atoms with E-state index in [4.69, 9.17) is 5.11 Å². The quantitative estimate of drug-likeness (QED) is 0.639. The van der Waals surface area contributed by atoms with Gasteiger partial charge >= 0.3 is 0 Å². The molecule has 106 valence electrons. The molecule has 0 unspecified atom stereocenters. The second-order valence-electron chi connectivity index (χ2n) is 4.31. The van der Waals surface area contributed by atoms with E-state index in [2.05, 4.69) is 0 Å². The largest absolute Gasteiger partial charge is 0.395 e. The number of halogens is 2. The molecule has 0 aliphatic rings. The average molecular weight is 274 g/mol. The van der Waals surface area contributed by atoms with Crippen molar-refractivity contribution in [2.24, 2.45) is 0 Å². The summed E-state index contributed by atoms with van der Waals surface area (Å²) >= 11 is 0. The predicted molar refractivity (Wildman–Crippen MR) is 67.6 cm³/mol. The number of rotatable bonds is 6. The minimum Gasteiger partial charge on any atom is -0.395 e. The third kappa shape index (κ3) is 3.60. The van der Waals surface area contributed by atoms with Gasteiger partial charge in [0.1, 0.15) is 0 Å². The van der Waals surface area contributed by atoms with E-state index in [9.17, 15) is 18.9 Å². The van der Waals surface area contributed by atoms with Gasteiger partial charge in [-0.2, -0.15) is 0 Å². The highest BCUT2D eigenvalue weighted by molar-refractivity contribution is 5.59. The monoisotopic (exact) mass is 274 g/mol.